The number of nitrogens with one attached hydrogen (secondary N) is 1. The number of phosphoric acid groups is 1. The number of quaternary nitrogens is 1. The Hall–Kier alpha value is -1.02. The Bertz CT molecular complexity index is 1190. The third-order valence-corrected chi connectivity index (χ3v) is 15.2. The van der Waals surface area contributed by atoms with Crippen molar-refractivity contribution >= 4 is 13.7 Å². The quantitative estimate of drug-likeness (QED) is 0.0272. The molecule has 0 aliphatic rings. The largest absolute Gasteiger partial charge is 0.756 e. The standard InChI is InChI=1S/C61H121N2O6P/c1-6-8-10-12-14-16-18-20-21-22-23-24-25-26-27-28-29-30-31-32-33-34-35-36-37-38-39-40-41-43-45-47-49-51-53-55-61(65)62-59(58-69-70(66,67)68-57-56-63(3,4)5)60(64)54-52-50-48-46-44-42-19-17-15-13-11-9-7-2/h25-26,28-29,59-60,64H,6-24,27,30-58H2,1-5H3,(H-,62,65,66,67)/b26-25-,29-28-. The van der Waals surface area contributed by atoms with Crippen molar-refractivity contribution < 1.29 is 32.9 Å². The summed E-state index contributed by atoms with van der Waals surface area (Å²) in [6.07, 6.45) is 66.7. The number of amides is 1. The Balaban J connectivity index is 3.93. The van der Waals surface area contributed by atoms with Gasteiger partial charge in [0.1, 0.15) is 13.2 Å². The Morgan fingerprint density at radius 2 is 0.829 bits per heavy atom. The molecule has 3 unspecified atom stereocenters. The van der Waals surface area contributed by atoms with Crippen molar-refractivity contribution in [2.45, 2.75) is 321 Å². The first-order chi connectivity index (χ1) is 34.0. The summed E-state index contributed by atoms with van der Waals surface area (Å²) in [7, 11) is 1.32. The SMILES string of the molecule is CCCCCCCCCCCCC/C=C\C/C=C\CCCCCCCCCCCCCCCCCCCC(=O)NC(COP(=O)([O-])OCC[N+](C)(C)C)C(O)CCCCCCCCCCCCCCC. The molecule has 0 aromatic rings. The highest BCUT2D eigenvalue weighted by molar-refractivity contribution is 7.45. The van der Waals surface area contributed by atoms with Crippen molar-refractivity contribution in [3.05, 3.63) is 24.3 Å². The van der Waals surface area contributed by atoms with Gasteiger partial charge in [-0.3, -0.25) is 9.36 Å². The second-order valence-electron chi connectivity index (χ2n) is 22.4. The van der Waals surface area contributed by atoms with Gasteiger partial charge in [0.05, 0.1) is 39.9 Å². The monoisotopic (exact) mass is 1010 g/mol. The van der Waals surface area contributed by atoms with E-state index in [1.807, 2.05) is 21.1 Å². The lowest BCUT2D eigenvalue weighted by molar-refractivity contribution is -0.870. The van der Waals surface area contributed by atoms with Gasteiger partial charge in [-0.15, -0.1) is 0 Å². The normalized spacial score (nSPS) is 14.0. The summed E-state index contributed by atoms with van der Waals surface area (Å²) in [5, 5.41) is 14.0. The molecule has 2 N–H and O–H groups in total. The number of unbranched alkanes of at least 4 members (excludes halogenated alkanes) is 40. The Kier molecular flexibility index (Phi) is 52.1. The first kappa shape index (κ1) is 69.0. The van der Waals surface area contributed by atoms with Crippen molar-refractivity contribution in [1.82, 2.24) is 5.32 Å². The summed E-state index contributed by atoms with van der Waals surface area (Å²) in [6, 6.07) is -0.798. The van der Waals surface area contributed by atoms with E-state index in [1.54, 1.807) is 0 Å². The summed E-state index contributed by atoms with van der Waals surface area (Å²) in [5.74, 6) is -0.161. The third kappa shape index (κ3) is 54.7. The Morgan fingerprint density at radius 3 is 1.19 bits per heavy atom. The maximum absolute atomic E-state index is 13.0. The van der Waals surface area contributed by atoms with Gasteiger partial charge in [0, 0.05) is 6.42 Å². The fraction of sp³-hybridized carbons (Fsp3) is 0.918. The lowest BCUT2D eigenvalue weighted by Crippen LogP contribution is -2.46. The number of carbonyl (C=O) groups excluding carboxylic acids is 1. The molecular weight excluding hydrogens is 888 g/mol. The van der Waals surface area contributed by atoms with Gasteiger partial charge >= 0.3 is 0 Å². The number of carbonyl (C=O) groups is 1. The van der Waals surface area contributed by atoms with Gasteiger partial charge in [0.25, 0.3) is 7.82 Å². The zero-order valence-corrected chi connectivity index (χ0v) is 48.4. The second kappa shape index (κ2) is 52.8. The maximum atomic E-state index is 13.0. The van der Waals surface area contributed by atoms with Crippen LogP contribution in [0.3, 0.4) is 0 Å². The molecule has 0 heterocycles. The highest BCUT2D eigenvalue weighted by Gasteiger charge is 2.24. The molecule has 8 nitrogen and oxygen atoms in total. The molecule has 70 heavy (non-hydrogen) atoms. The molecule has 9 heteroatoms. The molecule has 0 aromatic carbocycles. The van der Waals surface area contributed by atoms with Crippen molar-refractivity contribution in [2.75, 3.05) is 40.9 Å². The van der Waals surface area contributed by atoms with Gasteiger partial charge in [-0.05, 0) is 44.9 Å². The topological polar surface area (TPSA) is 108 Å². The number of hydrogen-bond acceptors (Lipinski definition) is 6. The first-order valence-corrected chi connectivity index (χ1v) is 32.1. The summed E-state index contributed by atoms with van der Waals surface area (Å²) in [6.45, 7) is 4.75. The van der Waals surface area contributed by atoms with E-state index in [2.05, 4.69) is 43.5 Å². The van der Waals surface area contributed by atoms with Crippen molar-refractivity contribution in [1.29, 1.82) is 0 Å². The Labute approximate surface area is 436 Å². The smallest absolute Gasteiger partial charge is 0.268 e. The van der Waals surface area contributed by atoms with Crippen LogP contribution >= 0.6 is 7.82 Å². The number of nitrogens with zero attached hydrogens (tertiary/aromatic N) is 1. The molecular formula is C61H121N2O6P. The van der Waals surface area contributed by atoms with Gasteiger partial charge in [-0.2, -0.15) is 0 Å². The average molecular weight is 1010 g/mol. The minimum absolute atomic E-state index is 0.0142. The molecule has 0 aromatic heterocycles. The number of aliphatic hydroxyl groups excluding tert-OH is 1. The molecule has 0 bridgehead atoms. The molecule has 0 rings (SSSR count). The van der Waals surface area contributed by atoms with Gasteiger partial charge in [0.15, 0.2) is 0 Å². The van der Waals surface area contributed by atoms with Crippen LogP contribution < -0.4 is 10.2 Å². The fourth-order valence-electron chi connectivity index (χ4n) is 9.37. The Morgan fingerprint density at radius 1 is 0.500 bits per heavy atom. The molecule has 0 saturated heterocycles. The molecule has 0 aliphatic heterocycles. The number of phosphoric ester groups is 1. The highest BCUT2D eigenvalue weighted by Crippen LogP contribution is 2.38. The summed E-state index contributed by atoms with van der Waals surface area (Å²) in [4.78, 5) is 25.5. The van der Waals surface area contributed by atoms with Crippen LogP contribution in [0.4, 0.5) is 0 Å². The van der Waals surface area contributed by atoms with Crippen LogP contribution in [0.5, 0.6) is 0 Å². The predicted octanol–water partition coefficient (Wildman–Crippen LogP) is 18.1. The molecule has 0 fully saturated rings. The number of rotatable bonds is 57. The fourth-order valence-corrected chi connectivity index (χ4v) is 10.1. The number of aliphatic hydroxyl groups is 1. The van der Waals surface area contributed by atoms with Crippen LogP contribution in [0.25, 0.3) is 0 Å². The van der Waals surface area contributed by atoms with Crippen LogP contribution in [0.1, 0.15) is 309 Å². The van der Waals surface area contributed by atoms with Crippen LogP contribution in [0.15, 0.2) is 24.3 Å². The van der Waals surface area contributed by atoms with E-state index in [0.717, 1.165) is 44.9 Å². The number of hydrogen-bond donors (Lipinski definition) is 2. The van der Waals surface area contributed by atoms with Crippen LogP contribution in [-0.2, 0) is 18.4 Å². The zero-order chi connectivity index (χ0) is 51.3. The molecule has 0 saturated carbocycles. The van der Waals surface area contributed by atoms with Crippen LogP contribution in [-0.4, -0.2) is 68.5 Å². The average Bonchev–Trinajstić information content (AvgIpc) is 3.32. The van der Waals surface area contributed by atoms with E-state index in [0.29, 0.717) is 23.9 Å². The molecule has 3 atom stereocenters. The minimum atomic E-state index is -4.57. The lowest BCUT2D eigenvalue weighted by Gasteiger charge is -2.30. The predicted molar refractivity (Wildman–Crippen MR) is 302 cm³/mol. The van der Waals surface area contributed by atoms with Crippen molar-refractivity contribution in [2.24, 2.45) is 0 Å². The highest BCUT2D eigenvalue weighted by atomic mass is 31.2. The molecule has 0 aliphatic carbocycles. The lowest BCUT2D eigenvalue weighted by atomic mass is 10.0. The molecule has 0 radical (unpaired) electrons. The number of allylic oxidation sites excluding steroid dienone is 4. The van der Waals surface area contributed by atoms with E-state index in [-0.39, 0.29) is 19.1 Å². The van der Waals surface area contributed by atoms with Crippen LogP contribution in [0, 0.1) is 0 Å². The van der Waals surface area contributed by atoms with Crippen molar-refractivity contribution in [3.63, 3.8) is 0 Å². The van der Waals surface area contributed by atoms with Gasteiger partial charge in [-0.1, -0.05) is 282 Å². The first-order valence-electron chi connectivity index (χ1n) is 30.7. The second-order valence-corrected chi connectivity index (χ2v) is 23.8. The number of likely N-dealkylation sites (N-methyl/N-ethyl adjacent to an activating group) is 1. The maximum Gasteiger partial charge on any atom is 0.268 e. The summed E-state index contributed by atoms with van der Waals surface area (Å²) < 4.78 is 23.4. The molecule has 1 amide bonds. The van der Waals surface area contributed by atoms with E-state index in [1.165, 1.54) is 238 Å². The van der Waals surface area contributed by atoms with E-state index >= 15 is 0 Å². The van der Waals surface area contributed by atoms with E-state index < -0.39 is 20.0 Å². The molecule has 0 spiro atoms. The molecule has 416 valence electrons. The zero-order valence-electron chi connectivity index (χ0n) is 47.5. The van der Waals surface area contributed by atoms with Gasteiger partial charge in [0.2, 0.25) is 5.91 Å². The summed E-state index contributed by atoms with van der Waals surface area (Å²) in [5.41, 5.74) is 0. The third-order valence-electron chi connectivity index (χ3n) is 14.2. The van der Waals surface area contributed by atoms with E-state index in [4.69, 9.17) is 9.05 Å². The van der Waals surface area contributed by atoms with Gasteiger partial charge < -0.3 is 28.8 Å². The van der Waals surface area contributed by atoms with E-state index in [9.17, 15) is 19.4 Å². The minimum Gasteiger partial charge on any atom is -0.756 e. The van der Waals surface area contributed by atoms with Crippen LogP contribution in [0.2, 0.25) is 0 Å². The van der Waals surface area contributed by atoms with Crippen molar-refractivity contribution in [3.8, 4) is 0 Å². The summed E-state index contributed by atoms with van der Waals surface area (Å²) >= 11 is 0. The van der Waals surface area contributed by atoms with Gasteiger partial charge in [-0.25, -0.2) is 0 Å².